The van der Waals surface area contributed by atoms with Crippen LogP contribution in [0.25, 0.3) is 0 Å². The molecule has 2 heterocycles. The molecule has 7 heteroatoms. The number of ether oxygens (including phenoxy) is 1. The maximum atomic E-state index is 13.0. The van der Waals surface area contributed by atoms with Gasteiger partial charge in [0.25, 0.3) is 0 Å². The van der Waals surface area contributed by atoms with Gasteiger partial charge in [0.05, 0.1) is 18.7 Å². The van der Waals surface area contributed by atoms with Crippen LogP contribution in [-0.2, 0) is 22.6 Å². The quantitative estimate of drug-likeness (QED) is 0.831. The zero-order valence-electron chi connectivity index (χ0n) is 13.6. The lowest BCUT2D eigenvalue weighted by Crippen LogP contribution is -2.49. The zero-order valence-corrected chi connectivity index (χ0v) is 14.4. The van der Waals surface area contributed by atoms with Crippen molar-refractivity contribution in [2.45, 2.75) is 13.0 Å². The minimum Gasteiger partial charge on any atom is -0.378 e. The minimum absolute atomic E-state index is 0.100. The van der Waals surface area contributed by atoms with Crippen molar-refractivity contribution in [1.82, 2.24) is 9.88 Å². The first-order valence-corrected chi connectivity index (χ1v) is 8.74. The molecule has 1 aliphatic rings. The van der Waals surface area contributed by atoms with Crippen molar-refractivity contribution in [3.8, 4) is 0 Å². The number of hydrogen-bond acceptors (Lipinski definition) is 5. The summed E-state index contributed by atoms with van der Waals surface area (Å²) in [5.41, 5.74) is 1.80. The molecule has 1 amide bonds. The van der Waals surface area contributed by atoms with Gasteiger partial charge >= 0.3 is 0 Å². The van der Waals surface area contributed by atoms with Crippen LogP contribution in [0.5, 0.6) is 0 Å². The number of anilines is 1. The molecule has 0 spiro atoms. The molecular weight excluding hydrogens is 329 g/mol. The molecule has 0 saturated carbocycles. The molecule has 0 aliphatic carbocycles. The van der Waals surface area contributed by atoms with Crippen molar-refractivity contribution in [2.75, 3.05) is 38.2 Å². The summed E-state index contributed by atoms with van der Waals surface area (Å²) in [4.78, 5) is 20.9. The Balaban J connectivity index is 1.52. The van der Waals surface area contributed by atoms with Crippen molar-refractivity contribution in [3.05, 3.63) is 46.2 Å². The van der Waals surface area contributed by atoms with Crippen LogP contribution in [0.4, 0.5) is 10.1 Å². The Kier molecular flexibility index (Phi) is 5.42. The summed E-state index contributed by atoms with van der Waals surface area (Å²) in [6.07, 6.45) is 0.330. The van der Waals surface area contributed by atoms with Crippen molar-refractivity contribution in [1.29, 1.82) is 0 Å². The van der Waals surface area contributed by atoms with E-state index >= 15 is 0 Å². The number of benzene rings is 1. The Hall–Kier alpha value is -1.99. The fourth-order valence-corrected chi connectivity index (χ4v) is 3.52. The van der Waals surface area contributed by atoms with E-state index in [0.717, 1.165) is 29.5 Å². The molecule has 0 N–H and O–H groups in total. The molecule has 1 aliphatic heterocycles. The Labute approximate surface area is 144 Å². The number of halogens is 1. The molecule has 0 bridgehead atoms. The molecule has 0 radical (unpaired) electrons. The highest BCUT2D eigenvalue weighted by molar-refractivity contribution is 7.09. The molecule has 5 nitrogen and oxygen atoms in total. The predicted molar refractivity (Wildman–Crippen MR) is 91.7 cm³/mol. The number of thiazole rings is 1. The van der Waals surface area contributed by atoms with E-state index in [2.05, 4.69) is 9.88 Å². The second-order valence-corrected chi connectivity index (χ2v) is 6.63. The van der Waals surface area contributed by atoms with E-state index in [0.29, 0.717) is 26.1 Å². The Morgan fingerprint density at radius 3 is 2.62 bits per heavy atom. The lowest BCUT2D eigenvalue weighted by atomic mass is 10.2. The molecule has 24 heavy (non-hydrogen) atoms. The summed E-state index contributed by atoms with van der Waals surface area (Å²) >= 11 is 1.52. The van der Waals surface area contributed by atoms with Crippen LogP contribution in [0.2, 0.25) is 0 Å². The highest BCUT2D eigenvalue weighted by Gasteiger charge is 2.22. The van der Waals surface area contributed by atoms with Gasteiger partial charge < -0.3 is 14.5 Å². The smallest absolute Gasteiger partial charge is 0.228 e. The Morgan fingerprint density at radius 2 is 1.96 bits per heavy atom. The molecule has 0 unspecified atom stereocenters. The third kappa shape index (κ3) is 4.10. The van der Waals surface area contributed by atoms with Gasteiger partial charge in [-0.15, -0.1) is 11.3 Å². The molecule has 3 rings (SSSR count). The van der Waals surface area contributed by atoms with Crippen LogP contribution in [0, 0.1) is 5.82 Å². The topological polar surface area (TPSA) is 45.7 Å². The van der Waals surface area contributed by atoms with Crippen LogP contribution in [0.15, 0.2) is 29.6 Å². The maximum absolute atomic E-state index is 13.0. The van der Waals surface area contributed by atoms with Crippen LogP contribution in [0.3, 0.4) is 0 Å². The van der Waals surface area contributed by atoms with E-state index in [-0.39, 0.29) is 11.7 Å². The van der Waals surface area contributed by atoms with Crippen LogP contribution >= 0.6 is 11.3 Å². The minimum atomic E-state index is -0.233. The van der Waals surface area contributed by atoms with E-state index in [1.54, 1.807) is 19.2 Å². The van der Waals surface area contributed by atoms with Gasteiger partial charge in [-0.05, 0) is 24.3 Å². The van der Waals surface area contributed by atoms with Gasteiger partial charge in [0, 0.05) is 44.4 Å². The molecule has 128 valence electrons. The van der Waals surface area contributed by atoms with Gasteiger partial charge in [-0.3, -0.25) is 4.79 Å². The van der Waals surface area contributed by atoms with Gasteiger partial charge in [0.2, 0.25) is 5.91 Å². The molecule has 1 fully saturated rings. The molecular formula is C17H20FN3O2S. The number of methoxy groups -OCH3 is 1. The van der Waals surface area contributed by atoms with E-state index in [9.17, 15) is 9.18 Å². The highest BCUT2D eigenvalue weighted by Crippen LogP contribution is 2.18. The largest absolute Gasteiger partial charge is 0.378 e. The van der Waals surface area contributed by atoms with Gasteiger partial charge in [-0.1, -0.05) is 0 Å². The van der Waals surface area contributed by atoms with Crippen LogP contribution in [0.1, 0.15) is 10.7 Å². The number of carbonyl (C=O) groups excluding carboxylic acids is 1. The number of rotatable bonds is 5. The maximum Gasteiger partial charge on any atom is 0.228 e. The first kappa shape index (κ1) is 16.9. The number of piperazine rings is 1. The fraction of sp³-hybridized carbons (Fsp3) is 0.412. The van der Waals surface area contributed by atoms with Gasteiger partial charge in [-0.2, -0.15) is 0 Å². The highest BCUT2D eigenvalue weighted by atomic mass is 32.1. The van der Waals surface area contributed by atoms with E-state index in [1.165, 1.54) is 23.5 Å². The lowest BCUT2D eigenvalue weighted by Gasteiger charge is -2.36. The van der Waals surface area contributed by atoms with Crippen LogP contribution < -0.4 is 4.90 Å². The fourth-order valence-electron chi connectivity index (χ4n) is 2.75. The average molecular weight is 349 g/mol. The molecule has 0 atom stereocenters. The Morgan fingerprint density at radius 1 is 1.25 bits per heavy atom. The lowest BCUT2D eigenvalue weighted by molar-refractivity contribution is -0.130. The number of nitrogens with zero attached hydrogens (tertiary/aromatic N) is 3. The second-order valence-electron chi connectivity index (χ2n) is 5.69. The van der Waals surface area contributed by atoms with Crippen molar-refractivity contribution in [2.24, 2.45) is 0 Å². The second kappa shape index (κ2) is 7.72. The Bertz CT molecular complexity index is 681. The average Bonchev–Trinajstić information content (AvgIpc) is 3.03. The summed E-state index contributed by atoms with van der Waals surface area (Å²) in [5, 5.41) is 2.81. The van der Waals surface area contributed by atoms with Crippen molar-refractivity contribution >= 4 is 22.9 Å². The molecule has 1 aromatic carbocycles. The molecule has 1 saturated heterocycles. The predicted octanol–water partition coefficient (Wildman–Crippen LogP) is 2.32. The normalized spacial score (nSPS) is 14.9. The first-order chi connectivity index (χ1) is 11.7. The third-order valence-corrected chi connectivity index (χ3v) is 4.89. The molecule has 2 aromatic rings. The number of hydrogen-bond donors (Lipinski definition) is 0. The van der Waals surface area contributed by atoms with Gasteiger partial charge in [0.1, 0.15) is 10.8 Å². The number of amides is 1. The SMILES string of the molecule is COCc1nc(CC(=O)N2CCN(c3ccc(F)cc3)CC2)cs1. The van der Waals surface area contributed by atoms with E-state index < -0.39 is 0 Å². The van der Waals surface area contributed by atoms with Crippen molar-refractivity contribution < 1.29 is 13.9 Å². The first-order valence-electron chi connectivity index (χ1n) is 7.86. The number of carbonyl (C=O) groups is 1. The van der Waals surface area contributed by atoms with Crippen LogP contribution in [-0.4, -0.2) is 49.1 Å². The number of aromatic nitrogens is 1. The summed E-state index contributed by atoms with van der Waals surface area (Å²) in [5.74, 6) is -0.133. The standard InChI is InChI=1S/C17H20FN3O2S/c1-23-11-16-19-14(12-24-16)10-17(22)21-8-6-20(7-9-21)15-4-2-13(18)3-5-15/h2-5,12H,6-11H2,1H3. The summed E-state index contributed by atoms with van der Waals surface area (Å²) in [7, 11) is 1.63. The van der Waals surface area contributed by atoms with Crippen molar-refractivity contribution in [3.63, 3.8) is 0 Å². The third-order valence-electron chi connectivity index (χ3n) is 4.02. The van der Waals surface area contributed by atoms with E-state index in [1.807, 2.05) is 10.3 Å². The zero-order chi connectivity index (χ0) is 16.9. The summed E-state index contributed by atoms with van der Waals surface area (Å²) in [6.45, 7) is 3.33. The summed E-state index contributed by atoms with van der Waals surface area (Å²) < 4.78 is 18.0. The monoisotopic (exact) mass is 349 g/mol. The summed E-state index contributed by atoms with van der Waals surface area (Å²) in [6, 6.07) is 6.48. The van der Waals surface area contributed by atoms with E-state index in [4.69, 9.17) is 4.74 Å². The van der Waals surface area contributed by atoms with Gasteiger partial charge in [0.15, 0.2) is 0 Å². The van der Waals surface area contributed by atoms with Gasteiger partial charge in [-0.25, -0.2) is 9.37 Å². The molecule has 1 aromatic heterocycles.